The molecule has 0 spiro atoms. The van der Waals surface area contributed by atoms with E-state index in [2.05, 4.69) is 20.9 Å². The Hall–Kier alpha value is -1.33. The maximum atomic E-state index is 11.0. The predicted octanol–water partition coefficient (Wildman–Crippen LogP) is 3.69. The van der Waals surface area contributed by atoms with Gasteiger partial charge < -0.3 is 5.11 Å². The molecule has 0 aliphatic rings. The molecule has 0 saturated heterocycles. The number of aromatic nitrogens is 1. The van der Waals surface area contributed by atoms with E-state index in [4.69, 9.17) is 5.11 Å². The largest absolute Gasteiger partial charge is 0.478 e. The van der Waals surface area contributed by atoms with E-state index >= 15 is 0 Å². The Morgan fingerprint density at radius 3 is 2.82 bits per heavy atom. The summed E-state index contributed by atoms with van der Waals surface area (Å²) in [4.78, 5) is 16.1. The zero-order valence-electron chi connectivity index (χ0n) is 8.63. The molecule has 17 heavy (non-hydrogen) atoms. The number of benzene rings is 1. The zero-order chi connectivity index (χ0) is 12.3. The summed E-state index contributed by atoms with van der Waals surface area (Å²) in [6, 6.07) is 10.8. The molecule has 0 bridgehead atoms. The Morgan fingerprint density at radius 2 is 2.12 bits per heavy atom. The topological polar surface area (TPSA) is 50.2 Å². The zero-order valence-corrected chi connectivity index (χ0v) is 11.0. The van der Waals surface area contributed by atoms with Crippen LogP contribution in [0.4, 0.5) is 0 Å². The lowest BCUT2D eigenvalue weighted by atomic mass is 10.3. The van der Waals surface area contributed by atoms with Gasteiger partial charge >= 0.3 is 5.97 Å². The van der Waals surface area contributed by atoms with Gasteiger partial charge in [-0.25, -0.2) is 9.78 Å². The molecule has 0 amide bonds. The van der Waals surface area contributed by atoms with Crippen molar-refractivity contribution in [3.05, 3.63) is 52.6 Å². The number of aromatic carboxylic acids is 1. The normalized spacial score (nSPS) is 10.2. The van der Waals surface area contributed by atoms with Gasteiger partial charge in [0, 0.05) is 15.6 Å². The second kappa shape index (κ2) is 5.33. The molecule has 0 atom stereocenters. The molecule has 0 aliphatic carbocycles. The molecule has 0 unspecified atom stereocenters. The number of halogens is 1. The van der Waals surface area contributed by atoms with Gasteiger partial charge in [0.05, 0.1) is 5.56 Å². The number of carboxylic acids is 1. The Morgan fingerprint density at radius 1 is 1.29 bits per heavy atom. The van der Waals surface area contributed by atoms with Crippen molar-refractivity contribution in [3.63, 3.8) is 0 Å². The van der Waals surface area contributed by atoms with Gasteiger partial charge in [0.25, 0.3) is 0 Å². The summed E-state index contributed by atoms with van der Waals surface area (Å²) in [5.41, 5.74) is 0.220. The highest BCUT2D eigenvalue weighted by molar-refractivity contribution is 9.10. The average Bonchev–Trinajstić information content (AvgIpc) is 2.29. The molecule has 5 heteroatoms. The smallest absolute Gasteiger partial charge is 0.338 e. The third-order valence-electron chi connectivity index (χ3n) is 2.01. The highest BCUT2D eigenvalue weighted by Gasteiger charge is 2.11. The second-order valence-electron chi connectivity index (χ2n) is 3.22. The quantitative estimate of drug-likeness (QED) is 0.939. The summed E-state index contributed by atoms with van der Waals surface area (Å²) in [5, 5.41) is 9.53. The summed E-state index contributed by atoms with van der Waals surface area (Å²) in [6.45, 7) is 0. The van der Waals surface area contributed by atoms with Crippen molar-refractivity contribution in [2.75, 3.05) is 0 Å². The van der Waals surface area contributed by atoms with Crippen LogP contribution in [0.3, 0.4) is 0 Å². The van der Waals surface area contributed by atoms with Crippen LogP contribution in [0.5, 0.6) is 0 Å². The number of rotatable bonds is 3. The summed E-state index contributed by atoms with van der Waals surface area (Å²) >= 11 is 4.71. The molecule has 2 aromatic rings. The van der Waals surface area contributed by atoms with Crippen LogP contribution >= 0.6 is 27.7 Å². The molecule has 1 N–H and O–H groups in total. The fourth-order valence-electron chi connectivity index (χ4n) is 1.28. The number of nitrogens with zero attached hydrogens (tertiary/aromatic N) is 1. The van der Waals surface area contributed by atoms with E-state index in [-0.39, 0.29) is 5.56 Å². The van der Waals surface area contributed by atoms with E-state index in [0.717, 1.165) is 9.37 Å². The van der Waals surface area contributed by atoms with Gasteiger partial charge in [-0.1, -0.05) is 33.8 Å². The molecular weight excluding hydrogens is 302 g/mol. The highest BCUT2D eigenvalue weighted by Crippen LogP contribution is 2.30. The maximum absolute atomic E-state index is 11.0. The van der Waals surface area contributed by atoms with Crippen molar-refractivity contribution in [2.24, 2.45) is 0 Å². The minimum atomic E-state index is -0.962. The third kappa shape index (κ3) is 3.08. The minimum Gasteiger partial charge on any atom is -0.478 e. The Labute approximate surface area is 111 Å². The van der Waals surface area contributed by atoms with Gasteiger partial charge in [-0.3, -0.25) is 0 Å². The molecule has 2 rings (SSSR count). The number of hydrogen-bond acceptors (Lipinski definition) is 3. The van der Waals surface area contributed by atoms with E-state index < -0.39 is 5.97 Å². The molecule has 3 nitrogen and oxygen atoms in total. The van der Waals surface area contributed by atoms with Gasteiger partial charge in [-0.05, 0) is 30.3 Å². The van der Waals surface area contributed by atoms with Crippen LogP contribution in [0.2, 0.25) is 0 Å². The van der Waals surface area contributed by atoms with E-state index in [9.17, 15) is 4.79 Å². The van der Waals surface area contributed by atoms with Crippen molar-refractivity contribution >= 4 is 33.7 Å². The van der Waals surface area contributed by atoms with Crippen LogP contribution < -0.4 is 0 Å². The SMILES string of the molecule is O=C(O)c1cccnc1Sc1cccc(Br)c1. The Bertz CT molecular complexity index is 560. The fraction of sp³-hybridized carbons (Fsp3) is 0. The molecule has 0 aliphatic heterocycles. The van der Waals surface area contributed by atoms with Crippen LogP contribution in [0.25, 0.3) is 0 Å². The van der Waals surface area contributed by atoms with Gasteiger partial charge in [0.2, 0.25) is 0 Å². The van der Waals surface area contributed by atoms with Crippen LogP contribution in [-0.2, 0) is 0 Å². The molecule has 1 aromatic heterocycles. The van der Waals surface area contributed by atoms with Crippen LogP contribution in [0.15, 0.2) is 57.0 Å². The molecule has 0 saturated carbocycles. The first-order valence-corrected chi connectivity index (χ1v) is 6.39. The van der Waals surface area contributed by atoms with Crippen LogP contribution in [0, 0.1) is 0 Å². The van der Waals surface area contributed by atoms with E-state index in [1.54, 1.807) is 18.3 Å². The second-order valence-corrected chi connectivity index (χ2v) is 5.20. The van der Waals surface area contributed by atoms with E-state index in [0.29, 0.717) is 5.03 Å². The van der Waals surface area contributed by atoms with Crippen LogP contribution in [0.1, 0.15) is 10.4 Å². The molecule has 86 valence electrons. The molecule has 1 heterocycles. The lowest BCUT2D eigenvalue weighted by Crippen LogP contribution is -1.99. The predicted molar refractivity (Wildman–Crippen MR) is 69.5 cm³/mol. The monoisotopic (exact) mass is 309 g/mol. The van der Waals surface area contributed by atoms with E-state index in [1.165, 1.54) is 11.8 Å². The van der Waals surface area contributed by atoms with Crippen molar-refractivity contribution < 1.29 is 9.90 Å². The summed E-state index contributed by atoms with van der Waals surface area (Å²) in [5.74, 6) is -0.962. The first-order valence-electron chi connectivity index (χ1n) is 4.78. The van der Waals surface area contributed by atoms with Crippen molar-refractivity contribution in [3.8, 4) is 0 Å². The number of carbonyl (C=O) groups is 1. The number of hydrogen-bond donors (Lipinski definition) is 1. The van der Waals surface area contributed by atoms with Gasteiger partial charge in [0.1, 0.15) is 5.03 Å². The average molecular weight is 310 g/mol. The molecule has 0 fully saturated rings. The minimum absolute atomic E-state index is 0.220. The first-order chi connectivity index (χ1) is 8.16. The highest BCUT2D eigenvalue weighted by atomic mass is 79.9. The van der Waals surface area contributed by atoms with Crippen LogP contribution in [-0.4, -0.2) is 16.1 Å². The number of carboxylic acid groups (broad SMARTS) is 1. The standard InChI is InChI=1S/C12H8BrNO2S/c13-8-3-1-4-9(7-8)17-11-10(12(15)16)5-2-6-14-11/h1-7H,(H,15,16). The summed E-state index contributed by atoms with van der Waals surface area (Å²) < 4.78 is 0.954. The van der Waals surface area contributed by atoms with Crippen molar-refractivity contribution in [2.45, 2.75) is 9.92 Å². The lowest BCUT2D eigenvalue weighted by molar-refractivity contribution is 0.0692. The maximum Gasteiger partial charge on any atom is 0.338 e. The van der Waals surface area contributed by atoms with E-state index in [1.807, 2.05) is 24.3 Å². The molecular formula is C12H8BrNO2S. The summed E-state index contributed by atoms with van der Waals surface area (Å²) in [7, 11) is 0. The van der Waals surface area contributed by atoms with Gasteiger partial charge in [-0.15, -0.1) is 0 Å². The van der Waals surface area contributed by atoms with Crippen molar-refractivity contribution in [1.29, 1.82) is 0 Å². The molecule has 1 aromatic carbocycles. The van der Waals surface area contributed by atoms with Crippen molar-refractivity contribution in [1.82, 2.24) is 4.98 Å². The molecule has 0 radical (unpaired) electrons. The lowest BCUT2D eigenvalue weighted by Gasteiger charge is -2.04. The third-order valence-corrected chi connectivity index (χ3v) is 3.51. The van der Waals surface area contributed by atoms with Gasteiger partial charge in [-0.2, -0.15) is 0 Å². The number of pyridine rings is 1. The summed E-state index contributed by atoms with van der Waals surface area (Å²) in [6.07, 6.45) is 1.59. The first kappa shape index (κ1) is 12.1. The Balaban J connectivity index is 2.33. The fourth-order valence-corrected chi connectivity index (χ4v) is 2.76. The van der Waals surface area contributed by atoms with Gasteiger partial charge in [0.15, 0.2) is 0 Å². The Kier molecular flexibility index (Phi) is 3.81.